The van der Waals surface area contributed by atoms with Crippen LogP contribution in [0.4, 0.5) is 0 Å². The quantitative estimate of drug-likeness (QED) is 0.271. The molecule has 0 saturated carbocycles. The number of nitrogens with zero attached hydrogens (tertiary/aromatic N) is 1. The Balaban J connectivity index is 1.96. The molecule has 1 N–H and O–H groups in total. The summed E-state index contributed by atoms with van der Waals surface area (Å²) in [5.41, 5.74) is 1.52. The van der Waals surface area contributed by atoms with Crippen molar-refractivity contribution in [1.82, 2.24) is 4.90 Å². The van der Waals surface area contributed by atoms with Crippen LogP contribution >= 0.6 is 23.2 Å². The Morgan fingerprint density at radius 2 is 1.82 bits per heavy atom. The van der Waals surface area contributed by atoms with Crippen molar-refractivity contribution in [2.45, 2.75) is 19.5 Å². The van der Waals surface area contributed by atoms with Crippen molar-refractivity contribution in [2.75, 3.05) is 14.2 Å². The Bertz CT molecular complexity index is 1300. The number of methoxy groups -OCH3 is 2. The Kier molecular flexibility index (Phi) is 6.59. The van der Waals surface area contributed by atoms with Crippen molar-refractivity contribution in [1.29, 1.82) is 0 Å². The number of rotatable bonds is 6. The summed E-state index contributed by atoms with van der Waals surface area (Å²) < 4.78 is 16.0. The van der Waals surface area contributed by atoms with Gasteiger partial charge in [-0.1, -0.05) is 53.0 Å². The van der Waals surface area contributed by atoms with Crippen LogP contribution in [-0.2, 0) is 16.1 Å². The first-order valence-corrected chi connectivity index (χ1v) is 11.0. The fraction of sp³-hybridized carbons (Fsp3) is 0.200. The van der Waals surface area contributed by atoms with E-state index in [4.69, 9.17) is 37.1 Å². The van der Waals surface area contributed by atoms with Crippen LogP contribution in [0.3, 0.4) is 0 Å². The summed E-state index contributed by atoms with van der Waals surface area (Å²) in [7, 11) is 2.75. The van der Waals surface area contributed by atoms with E-state index < -0.39 is 23.5 Å². The van der Waals surface area contributed by atoms with Crippen LogP contribution in [0, 0.1) is 6.92 Å². The lowest BCUT2D eigenvalue weighted by Gasteiger charge is -2.25. The van der Waals surface area contributed by atoms with Crippen molar-refractivity contribution in [3.63, 3.8) is 0 Å². The van der Waals surface area contributed by atoms with E-state index in [9.17, 15) is 14.7 Å². The van der Waals surface area contributed by atoms with E-state index in [1.54, 1.807) is 18.2 Å². The first-order chi connectivity index (χ1) is 16.3. The van der Waals surface area contributed by atoms with Crippen LogP contribution < -0.4 is 9.47 Å². The Hall–Kier alpha value is -3.42. The second-order valence-corrected chi connectivity index (χ2v) is 8.49. The van der Waals surface area contributed by atoms with Gasteiger partial charge in [0, 0.05) is 0 Å². The largest absolute Gasteiger partial charge is 0.507 e. The van der Waals surface area contributed by atoms with Crippen LogP contribution in [-0.4, -0.2) is 35.9 Å². The minimum absolute atomic E-state index is 0.0240. The van der Waals surface area contributed by atoms with Gasteiger partial charge in [0.25, 0.3) is 11.7 Å². The minimum Gasteiger partial charge on any atom is -0.507 e. The zero-order valence-electron chi connectivity index (χ0n) is 18.6. The number of Topliss-reactive ketones (excluding diaryl/α,β-unsaturated/α-hetero) is 1. The maximum Gasteiger partial charge on any atom is 0.296 e. The molecule has 1 atom stereocenters. The van der Waals surface area contributed by atoms with Gasteiger partial charge in [-0.3, -0.25) is 9.59 Å². The monoisotopic (exact) mass is 501 g/mol. The van der Waals surface area contributed by atoms with Crippen LogP contribution in [0.2, 0.25) is 10.0 Å². The number of halogens is 2. The molecule has 4 rings (SSSR count). The second kappa shape index (κ2) is 9.44. The highest BCUT2D eigenvalue weighted by molar-refractivity contribution is 6.47. The van der Waals surface area contributed by atoms with Crippen LogP contribution in [0.15, 0.2) is 58.7 Å². The van der Waals surface area contributed by atoms with E-state index in [1.807, 2.05) is 25.1 Å². The van der Waals surface area contributed by atoms with Crippen LogP contribution in [0.25, 0.3) is 5.76 Å². The minimum atomic E-state index is -0.880. The highest BCUT2D eigenvalue weighted by Crippen LogP contribution is 2.47. The Morgan fingerprint density at radius 3 is 2.44 bits per heavy atom. The molecule has 0 spiro atoms. The summed E-state index contributed by atoms with van der Waals surface area (Å²) >= 11 is 12.7. The molecule has 1 amide bonds. The third kappa shape index (κ3) is 4.02. The van der Waals surface area contributed by atoms with Gasteiger partial charge in [0.15, 0.2) is 11.5 Å². The molecule has 1 fully saturated rings. The third-order valence-electron chi connectivity index (χ3n) is 5.60. The standard InChI is InChI=1S/C25H21Cl2NO6/c1-13-6-4-7-14(10-13)20-18(22(30)25(31)28(20)12-15-8-5-9-34-15)21(29)16-11-17(26)24(33-3)19(27)23(16)32-2/h4-11,20,29H,12H2,1-3H3/b21-18+. The second-order valence-electron chi connectivity index (χ2n) is 7.71. The number of aliphatic hydroxyl groups is 1. The number of aryl methyl sites for hydroxylation is 1. The molecule has 0 radical (unpaired) electrons. The average Bonchev–Trinajstić information content (AvgIpc) is 3.41. The molecule has 0 aliphatic carbocycles. The van der Waals surface area contributed by atoms with E-state index in [2.05, 4.69) is 0 Å². The van der Waals surface area contributed by atoms with Crippen molar-refractivity contribution in [3.8, 4) is 11.5 Å². The van der Waals surface area contributed by atoms with E-state index in [-0.39, 0.29) is 39.2 Å². The van der Waals surface area contributed by atoms with E-state index in [0.717, 1.165) is 5.56 Å². The van der Waals surface area contributed by atoms with Gasteiger partial charge in [-0.05, 0) is 30.7 Å². The Morgan fingerprint density at radius 1 is 1.09 bits per heavy atom. The third-order valence-corrected chi connectivity index (χ3v) is 6.22. The molecule has 1 aromatic heterocycles. The predicted octanol–water partition coefficient (Wildman–Crippen LogP) is 5.53. The topological polar surface area (TPSA) is 89.2 Å². The normalized spacial score (nSPS) is 17.3. The number of carbonyl (C=O) groups is 2. The number of benzene rings is 2. The number of hydrogen-bond donors (Lipinski definition) is 1. The van der Waals surface area contributed by atoms with Gasteiger partial charge in [-0.15, -0.1) is 0 Å². The average molecular weight is 502 g/mol. The molecule has 1 unspecified atom stereocenters. The molecule has 2 aromatic carbocycles. The number of ether oxygens (including phenoxy) is 2. The van der Waals surface area contributed by atoms with Gasteiger partial charge >= 0.3 is 0 Å². The number of amides is 1. The number of likely N-dealkylation sites (tertiary alicyclic amines) is 1. The Labute approximate surface area is 206 Å². The number of hydrogen-bond acceptors (Lipinski definition) is 6. The van der Waals surface area contributed by atoms with Crippen molar-refractivity contribution in [3.05, 3.63) is 86.8 Å². The molecule has 176 valence electrons. The fourth-order valence-electron chi connectivity index (χ4n) is 4.09. The van der Waals surface area contributed by atoms with Gasteiger partial charge in [-0.2, -0.15) is 0 Å². The van der Waals surface area contributed by atoms with Crippen molar-refractivity contribution < 1.29 is 28.6 Å². The zero-order valence-corrected chi connectivity index (χ0v) is 20.1. The van der Waals surface area contributed by atoms with Gasteiger partial charge in [0.2, 0.25) is 0 Å². The molecule has 1 aliphatic heterocycles. The van der Waals surface area contributed by atoms with Crippen LogP contribution in [0.1, 0.15) is 28.5 Å². The van der Waals surface area contributed by atoms with Gasteiger partial charge in [0.05, 0.1) is 49.2 Å². The summed E-state index contributed by atoms with van der Waals surface area (Å²) in [5, 5.41) is 11.5. The summed E-state index contributed by atoms with van der Waals surface area (Å²) in [4.78, 5) is 27.7. The first-order valence-electron chi connectivity index (χ1n) is 10.3. The summed E-state index contributed by atoms with van der Waals surface area (Å²) in [6, 6.07) is 11.3. The van der Waals surface area contributed by atoms with Crippen molar-refractivity contribution in [2.24, 2.45) is 0 Å². The van der Waals surface area contributed by atoms with Gasteiger partial charge < -0.3 is 23.9 Å². The van der Waals surface area contributed by atoms with Crippen LogP contribution in [0.5, 0.6) is 11.5 Å². The van der Waals surface area contributed by atoms with Crippen molar-refractivity contribution >= 4 is 40.7 Å². The number of aliphatic hydroxyl groups excluding tert-OH is 1. The smallest absolute Gasteiger partial charge is 0.296 e. The lowest BCUT2D eigenvalue weighted by Crippen LogP contribution is -2.29. The van der Waals surface area contributed by atoms with Gasteiger partial charge in [0.1, 0.15) is 16.5 Å². The fourth-order valence-corrected chi connectivity index (χ4v) is 4.78. The molecule has 7 nitrogen and oxygen atoms in total. The predicted molar refractivity (Wildman–Crippen MR) is 127 cm³/mol. The highest BCUT2D eigenvalue weighted by Gasteiger charge is 2.46. The lowest BCUT2D eigenvalue weighted by atomic mass is 9.94. The molecule has 3 aromatic rings. The molecule has 1 saturated heterocycles. The maximum atomic E-state index is 13.2. The highest BCUT2D eigenvalue weighted by atomic mass is 35.5. The lowest BCUT2D eigenvalue weighted by molar-refractivity contribution is -0.140. The molecular weight excluding hydrogens is 481 g/mol. The molecule has 9 heteroatoms. The van der Waals surface area contributed by atoms with Gasteiger partial charge in [-0.25, -0.2) is 0 Å². The maximum absolute atomic E-state index is 13.2. The number of ketones is 1. The SMILES string of the molecule is COc1c(Cl)cc(/C(O)=C2\C(=O)C(=O)N(Cc3ccco3)C2c2cccc(C)c2)c(OC)c1Cl. The molecule has 34 heavy (non-hydrogen) atoms. The van der Waals surface area contributed by atoms with E-state index in [1.165, 1.54) is 31.4 Å². The summed E-state index contributed by atoms with van der Waals surface area (Å²) in [5.74, 6) is -1.37. The molecule has 1 aliphatic rings. The molecule has 2 heterocycles. The summed E-state index contributed by atoms with van der Waals surface area (Å²) in [6.07, 6.45) is 1.49. The molecule has 0 bridgehead atoms. The number of furan rings is 1. The zero-order chi connectivity index (χ0) is 24.6. The van der Waals surface area contributed by atoms with E-state index in [0.29, 0.717) is 11.3 Å². The number of carbonyl (C=O) groups excluding carboxylic acids is 2. The van der Waals surface area contributed by atoms with E-state index >= 15 is 0 Å². The molecular formula is C25H21Cl2NO6. The summed E-state index contributed by atoms with van der Waals surface area (Å²) in [6.45, 7) is 1.93. The first kappa shape index (κ1) is 23.7.